The van der Waals surface area contributed by atoms with Gasteiger partial charge in [-0.25, -0.2) is 13.8 Å². The Balaban J connectivity index is 1.45. The lowest BCUT2D eigenvalue weighted by Gasteiger charge is -2.52. The molecule has 2 aromatic carbocycles. The number of nitrogens with two attached hydrogens (primary N) is 1. The van der Waals surface area contributed by atoms with E-state index in [0.717, 1.165) is 27.9 Å². The molecule has 0 spiro atoms. The molecule has 1 unspecified atom stereocenters. The van der Waals surface area contributed by atoms with E-state index in [1.165, 1.54) is 12.1 Å². The Morgan fingerprint density at radius 2 is 1.96 bits per heavy atom. The number of likely N-dealkylation sites (N-methyl/N-ethyl adjacent to an activating group) is 1. The van der Waals surface area contributed by atoms with Gasteiger partial charge in [0.05, 0.1) is 44.3 Å². The molecule has 14 heteroatoms. The van der Waals surface area contributed by atoms with Crippen molar-refractivity contribution in [3.05, 3.63) is 64.6 Å². The van der Waals surface area contributed by atoms with Crippen LogP contribution in [0.4, 0.5) is 25.5 Å². The molecule has 4 aromatic heterocycles. The largest absolute Gasteiger partial charge is 0.389 e. The SMILES string of the molecule is CC(c1nccc2cn[nH]c12)N(C)c1nc(N2CC(C)(N(C)C)C2)nc2c(F)c(-c3ccc(F)c4sc(N)c(C#N)c34)c(Cl)cc12. The summed E-state index contributed by atoms with van der Waals surface area (Å²) in [6.07, 6.45) is 3.46. The summed E-state index contributed by atoms with van der Waals surface area (Å²) in [5, 5.41) is 18.8. The standard InChI is InChI=1S/C32H29ClF2N10S/c1-15(25-26-16(8-9-38-25)12-39-42-26)44(5)30-18-10-20(33)23(17-6-7-21(34)28-22(17)19(11-36)29(37)46-28)24(35)27(18)40-31(41-30)45-13-32(2,14-45)43(3)4/h6-10,12,15H,13-14,37H2,1-5H3,(H,39,42). The molecule has 0 amide bonds. The highest BCUT2D eigenvalue weighted by molar-refractivity contribution is 7.23. The number of hydrogen-bond donors (Lipinski definition) is 2. The molecule has 7 rings (SSSR count). The Bertz CT molecular complexity index is 2230. The smallest absolute Gasteiger partial charge is 0.228 e. The van der Waals surface area contributed by atoms with E-state index in [9.17, 15) is 9.65 Å². The van der Waals surface area contributed by atoms with Crippen LogP contribution in [0.25, 0.3) is 43.0 Å². The summed E-state index contributed by atoms with van der Waals surface area (Å²) in [6, 6.07) is 7.88. The van der Waals surface area contributed by atoms with E-state index in [0.29, 0.717) is 30.2 Å². The number of rotatable bonds is 6. The molecule has 234 valence electrons. The third kappa shape index (κ3) is 4.43. The van der Waals surface area contributed by atoms with Crippen molar-refractivity contribution < 1.29 is 8.78 Å². The molecule has 5 heterocycles. The summed E-state index contributed by atoms with van der Waals surface area (Å²) in [7, 11) is 5.91. The van der Waals surface area contributed by atoms with Gasteiger partial charge in [0.1, 0.15) is 28.2 Å². The van der Waals surface area contributed by atoms with Crippen molar-refractivity contribution >= 4 is 71.6 Å². The molecule has 10 nitrogen and oxygen atoms in total. The van der Waals surface area contributed by atoms with E-state index in [2.05, 4.69) is 27.0 Å². The van der Waals surface area contributed by atoms with Crippen molar-refractivity contribution in [3.63, 3.8) is 0 Å². The molecule has 1 aliphatic rings. The summed E-state index contributed by atoms with van der Waals surface area (Å²) in [5.74, 6) is -0.444. The predicted octanol–water partition coefficient (Wildman–Crippen LogP) is 6.51. The third-order valence-corrected chi connectivity index (χ3v) is 10.5. The topological polar surface area (TPSA) is 127 Å². The maximum Gasteiger partial charge on any atom is 0.228 e. The van der Waals surface area contributed by atoms with E-state index in [1.54, 1.807) is 18.5 Å². The first-order chi connectivity index (χ1) is 21.9. The van der Waals surface area contributed by atoms with E-state index in [4.69, 9.17) is 27.3 Å². The number of fused-ring (bicyclic) bond motifs is 3. The summed E-state index contributed by atoms with van der Waals surface area (Å²) >= 11 is 7.82. The molecule has 1 fully saturated rings. The quantitative estimate of drug-likeness (QED) is 0.206. The minimum atomic E-state index is -0.709. The van der Waals surface area contributed by atoms with Gasteiger partial charge in [-0.2, -0.15) is 15.3 Å². The van der Waals surface area contributed by atoms with Crippen molar-refractivity contribution in [1.82, 2.24) is 30.0 Å². The Morgan fingerprint density at radius 1 is 1.20 bits per heavy atom. The Hall–Kier alpha value is -4.64. The number of anilines is 3. The number of aromatic amines is 1. The number of thiophene rings is 1. The van der Waals surface area contributed by atoms with Crippen LogP contribution in [-0.2, 0) is 0 Å². The van der Waals surface area contributed by atoms with Crippen LogP contribution in [0.2, 0.25) is 5.02 Å². The van der Waals surface area contributed by atoms with Gasteiger partial charge in [-0.1, -0.05) is 17.7 Å². The fourth-order valence-electron chi connectivity index (χ4n) is 6.11. The predicted molar refractivity (Wildman–Crippen MR) is 179 cm³/mol. The van der Waals surface area contributed by atoms with Crippen molar-refractivity contribution in [2.45, 2.75) is 25.4 Å². The fourth-order valence-corrected chi connectivity index (χ4v) is 7.35. The van der Waals surface area contributed by atoms with Crippen molar-refractivity contribution in [2.75, 3.05) is 49.8 Å². The zero-order chi connectivity index (χ0) is 32.7. The fraction of sp³-hybridized carbons (Fsp3) is 0.281. The maximum atomic E-state index is 17.0. The van der Waals surface area contributed by atoms with Gasteiger partial charge in [0.15, 0.2) is 5.82 Å². The second kappa shape index (κ2) is 10.7. The molecule has 3 N–H and O–H groups in total. The lowest BCUT2D eigenvalue weighted by atomic mass is 9.91. The molecule has 46 heavy (non-hydrogen) atoms. The van der Waals surface area contributed by atoms with E-state index in [1.807, 2.05) is 50.0 Å². The summed E-state index contributed by atoms with van der Waals surface area (Å²) in [4.78, 5) is 20.4. The van der Waals surface area contributed by atoms with Crippen LogP contribution in [0, 0.1) is 23.0 Å². The molecule has 1 atom stereocenters. The number of nitrogens with one attached hydrogen (secondary N) is 1. The zero-order valence-electron chi connectivity index (χ0n) is 25.7. The second-order valence-electron chi connectivity index (χ2n) is 12.1. The molecule has 1 aliphatic heterocycles. The normalized spacial score (nSPS) is 15.1. The number of aromatic nitrogens is 5. The van der Waals surface area contributed by atoms with Gasteiger partial charge in [-0.3, -0.25) is 10.1 Å². The van der Waals surface area contributed by atoms with Gasteiger partial charge >= 0.3 is 0 Å². The molecular formula is C32H29ClF2N10S. The summed E-state index contributed by atoms with van der Waals surface area (Å²) in [5.41, 5.74) is 7.89. The number of benzene rings is 2. The Morgan fingerprint density at radius 3 is 2.67 bits per heavy atom. The number of H-pyrrole nitrogens is 1. The van der Waals surface area contributed by atoms with Crippen LogP contribution in [-0.4, -0.2) is 69.8 Å². The van der Waals surface area contributed by atoms with Crippen LogP contribution in [0.3, 0.4) is 0 Å². The number of pyridine rings is 1. The average molecular weight is 659 g/mol. The average Bonchev–Trinajstić information content (AvgIpc) is 3.64. The monoisotopic (exact) mass is 658 g/mol. The van der Waals surface area contributed by atoms with Crippen LogP contribution in [0.15, 0.2) is 36.7 Å². The van der Waals surface area contributed by atoms with Gasteiger partial charge in [-0.05, 0) is 51.7 Å². The molecule has 1 saturated heterocycles. The van der Waals surface area contributed by atoms with Gasteiger partial charge in [0.2, 0.25) is 5.95 Å². The van der Waals surface area contributed by atoms with Gasteiger partial charge in [0, 0.05) is 48.1 Å². The lowest BCUT2D eigenvalue weighted by molar-refractivity contribution is 0.132. The summed E-state index contributed by atoms with van der Waals surface area (Å²) in [6.45, 7) is 5.40. The molecular weight excluding hydrogens is 630 g/mol. The van der Waals surface area contributed by atoms with E-state index in [-0.39, 0.29) is 53.9 Å². The number of nitrogen functional groups attached to an aromatic ring is 1. The molecule has 6 aromatic rings. The van der Waals surface area contributed by atoms with Gasteiger partial charge in [0.25, 0.3) is 0 Å². The highest BCUT2D eigenvalue weighted by atomic mass is 35.5. The number of nitrogens with zero attached hydrogens (tertiary/aromatic N) is 8. The van der Waals surface area contributed by atoms with Crippen LogP contribution in [0.5, 0.6) is 0 Å². The van der Waals surface area contributed by atoms with Gasteiger partial charge < -0.3 is 20.4 Å². The molecule has 0 aliphatic carbocycles. The first-order valence-corrected chi connectivity index (χ1v) is 15.7. The second-order valence-corrected chi connectivity index (χ2v) is 13.6. The van der Waals surface area contributed by atoms with Crippen LogP contribution in [0.1, 0.15) is 31.1 Å². The van der Waals surface area contributed by atoms with Crippen LogP contribution >= 0.6 is 22.9 Å². The van der Waals surface area contributed by atoms with E-state index >= 15 is 4.39 Å². The van der Waals surface area contributed by atoms with Crippen molar-refractivity contribution in [3.8, 4) is 17.2 Å². The van der Waals surface area contributed by atoms with Crippen LogP contribution < -0.4 is 15.5 Å². The highest BCUT2D eigenvalue weighted by Crippen LogP contribution is 2.46. The first kappa shape index (κ1) is 30.0. The maximum absolute atomic E-state index is 17.0. The summed E-state index contributed by atoms with van der Waals surface area (Å²) < 4.78 is 32.1. The zero-order valence-corrected chi connectivity index (χ0v) is 27.2. The third-order valence-electron chi connectivity index (χ3n) is 9.18. The Labute approximate surface area is 272 Å². The molecule has 0 radical (unpaired) electrons. The van der Waals surface area contributed by atoms with Gasteiger partial charge in [-0.15, -0.1) is 11.3 Å². The number of halogens is 3. The molecule has 0 saturated carbocycles. The van der Waals surface area contributed by atoms with Crippen molar-refractivity contribution in [1.29, 1.82) is 5.26 Å². The molecule has 0 bridgehead atoms. The first-order valence-electron chi connectivity index (χ1n) is 14.5. The van der Waals surface area contributed by atoms with E-state index < -0.39 is 11.6 Å². The minimum Gasteiger partial charge on any atom is -0.389 e. The number of nitriles is 1. The Kier molecular flexibility index (Phi) is 7.00. The lowest BCUT2D eigenvalue weighted by Crippen LogP contribution is -2.67. The highest BCUT2D eigenvalue weighted by Gasteiger charge is 2.42. The number of hydrogen-bond acceptors (Lipinski definition) is 10. The van der Waals surface area contributed by atoms with Crippen molar-refractivity contribution in [2.24, 2.45) is 0 Å². The minimum absolute atomic E-state index is 0.00500.